The number of ether oxygens (including phenoxy) is 4. The minimum absolute atomic E-state index is 0.148. The largest absolute Gasteiger partial charge is 0.323 e. The van der Waals surface area contributed by atoms with Crippen LogP contribution in [0.15, 0.2) is 0 Å². The Hall–Kier alpha value is -0.160. The van der Waals surface area contributed by atoms with Gasteiger partial charge in [-0.3, -0.25) is 0 Å². The predicted octanol–water partition coefficient (Wildman–Crippen LogP) is 3.40. The zero-order chi connectivity index (χ0) is 14.9. The Morgan fingerprint density at radius 3 is 2.76 bits per heavy atom. The summed E-state index contributed by atoms with van der Waals surface area (Å²) in [7, 11) is 0. The third-order valence-corrected chi connectivity index (χ3v) is 6.30. The first-order chi connectivity index (χ1) is 10.7. The maximum absolute atomic E-state index is 8.60. The molecule has 0 N–H and O–H groups in total. The highest BCUT2D eigenvalue weighted by Crippen LogP contribution is 2.69. The highest BCUT2D eigenvalue weighted by Gasteiger charge is 2.77. The van der Waals surface area contributed by atoms with Crippen molar-refractivity contribution in [2.45, 2.75) is 82.9 Å². The summed E-state index contributed by atoms with van der Waals surface area (Å²) in [5.74, 6) is 0.617. The maximum atomic E-state index is 8.60. The molecule has 118 valence electrons. The van der Waals surface area contributed by atoms with Gasteiger partial charge in [-0.2, -0.15) is 0 Å². The predicted molar refractivity (Wildman–Crippen MR) is 75.0 cm³/mol. The van der Waals surface area contributed by atoms with Crippen molar-refractivity contribution in [2.24, 2.45) is 23.7 Å². The molecule has 0 spiro atoms. The Bertz CT molecular complexity index is 474. The first kappa shape index (κ1) is 12.3. The van der Waals surface area contributed by atoms with Gasteiger partial charge in [0.05, 0.1) is 1.37 Å². The van der Waals surface area contributed by atoms with E-state index >= 15 is 0 Å². The third-order valence-electron chi connectivity index (χ3n) is 6.30. The van der Waals surface area contributed by atoms with Gasteiger partial charge < -0.3 is 18.9 Å². The molecule has 5 fully saturated rings. The van der Waals surface area contributed by atoms with Gasteiger partial charge in [0.25, 0.3) is 0 Å². The summed E-state index contributed by atoms with van der Waals surface area (Å²) >= 11 is 0. The van der Waals surface area contributed by atoms with Crippen LogP contribution in [0, 0.1) is 23.7 Å². The summed E-state index contributed by atoms with van der Waals surface area (Å²) < 4.78 is 32.8. The van der Waals surface area contributed by atoms with Gasteiger partial charge in [0, 0.05) is 30.1 Å². The average molecular weight is 295 g/mol. The summed E-state index contributed by atoms with van der Waals surface area (Å²) in [6.45, 7) is 2.24. The van der Waals surface area contributed by atoms with Crippen LogP contribution < -0.4 is 0 Å². The normalized spacial score (nSPS) is 59.2. The standard InChI is InChI=1S/C17H26O4/c1-2-3-4-5-6-7-8-17-13-11-9-10-12(13)16(21-17)19-14(10)18-15(11)20-17/h10-16H,2-9H2,1H3/t10-,11+,12-,13-,14+,15-,16+,17-/m1/s1/i16D. The summed E-state index contributed by atoms with van der Waals surface area (Å²) in [5.41, 5.74) is 0. The molecule has 5 aliphatic rings. The fourth-order valence-electron chi connectivity index (χ4n) is 5.44. The number of hydrogen-bond acceptors (Lipinski definition) is 4. The van der Waals surface area contributed by atoms with Crippen molar-refractivity contribution in [3.63, 3.8) is 0 Å². The molecule has 1 aliphatic carbocycles. The van der Waals surface area contributed by atoms with Crippen molar-refractivity contribution in [3.8, 4) is 0 Å². The quantitative estimate of drug-likeness (QED) is 0.675. The van der Waals surface area contributed by atoms with Crippen molar-refractivity contribution in [1.82, 2.24) is 0 Å². The molecule has 0 aromatic carbocycles. The van der Waals surface area contributed by atoms with Crippen molar-refractivity contribution in [3.05, 3.63) is 0 Å². The molecule has 4 nitrogen and oxygen atoms in total. The lowest BCUT2D eigenvalue weighted by molar-refractivity contribution is -0.382. The van der Waals surface area contributed by atoms with Crippen LogP contribution in [-0.4, -0.2) is 24.6 Å². The molecule has 2 bridgehead atoms. The molecule has 21 heavy (non-hydrogen) atoms. The lowest BCUT2D eigenvalue weighted by Crippen LogP contribution is -2.41. The van der Waals surface area contributed by atoms with Gasteiger partial charge in [0.2, 0.25) is 0 Å². The van der Waals surface area contributed by atoms with E-state index in [0.717, 1.165) is 19.3 Å². The van der Waals surface area contributed by atoms with E-state index in [9.17, 15) is 0 Å². The van der Waals surface area contributed by atoms with E-state index in [0.29, 0.717) is 17.8 Å². The summed E-state index contributed by atoms with van der Waals surface area (Å²) in [5, 5.41) is 0. The number of rotatable bonds is 7. The lowest BCUT2D eigenvalue weighted by Gasteiger charge is -2.35. The van der Waals surface area contributed by atoms with Crippen LogP contribution in [0.2, 0.25) is 0 Å². The first-order valence-corrected chi connectivity index (χ1v) is 8.88. The molecule has 4 saturated heterocycles. The molecular formula is C17H26O4. The van der Waals surface area contributed by atoms with E-state index in [2.05, 4.69) is 6.92 Å². The highest BCUT2D eigenvalue weighted by atomic mass is 16.9. The van der Waals surface area contributed by atoms with Gasteiger partial charge in [0.15, 0.2) is 24.6 Å². The van der Waals surface area contributed by atoms with E-state index in [1.807, 2.05) is 0 Å². The number of unbranched alkanes of at least 4 members (excludes halogenated alkanes) is 5. The molecule has 0 aromatic rings. The van der Waals surface area contributed by atoms with Gasteiger partial charge in [-0.05, 0) is 12.8 Å². The van der Waals surface area contributed by atoms with Crippen LogP contribution in [0.5, 0.6) is 0 Å². The Morgan fingerprint density at radius 2 is 1.86 bits per heavy atom. The molecule has 5 rings (SSSR count). The fraction of sp³-hybridized carbons (Fsp3) is 1.00. The smallest absolute Gasteiger partial charge is 0.178 e. The van der Waals surface area contributed by atoms with Crippen LogP contribution >= 0.6 is 0 Å². The topological polar surface area (TPSA) is 36.9 Å². The Kier molecular flexibility index (Phi) is 2.73. The Labute approximate surface area is 127 Å². The second-order valence-corrected chi connectivity index (χ2v) is 7.47. The van der Waals surface area contributed by atoms with Gasteiger partial charge >= 0.3 is 0 Å². The molecule has 0 unspecified atom stereocenters. The molecular weight excluding hydrogens is 268 g/mol. The summed E-state index contributed by atoms with van der Waals surface area (Å²) in [6, 6.07) is 0. The van der Waals surface area contributed by atoms with Crippen molar-refractivity contribution >= 4 is 0 Å². The second-order valence-electron chi connectivity index (χ2n) is 7.47. The molecule has 8 atom stereocenters. The van der Waals surface area contributed by atoms with E-state index in [-0.39, 0.29) is 18.5 Å². The SMILES string of the molecule is [2H][C@]12O[C@@H]3O[C@@H]4O[C@](CCCCCCCC)(O1)[C@@H]1[C@@H]4C[C@@H]3[C@H]12. The van der Waals surface area contributed by atoms with E-state index < -0.39 is 12.1 Å². The van der Waals surface area contributed by atoms with Crippen molar-refractivity contribution in [1.29, 1.82) is 0 Å². The van der Waals surface area contributed by atoms with Crippen LogP contribution in [-0.2, 0) is 18.9 Å². The Balaban J connectivity index is 1.30. The van der Waals surface area contributed by atoms with Crippen LogP contribution in [0.3, 0.4) is 0 Å². The molecule has 0 aromatic heterocycles. The second kappa shape index (κ2) is 4.67. The van der Waals surface area contributed by atoms with Crippen molar-refractivity contribution < 1.29 is 20.3 Å². The van der Waals surface area contributed by atoms with E-state index in [1.165, 1.54) is 32.1 Å². The van der Waals surface area contributed by atoms with Crippen LogP contribution in [0.4, 0.5) is 0 Å². The first-order valence-electron chi connectivity index (χ1n) is 9.38. The third kappa shape index (κ3) is 1.71. The van der Waals surface area contributed by atoms with Gasteiger partial charge in [0.1, 0.15) is 0 Å². The zero-order valence-electron chi connectivity index (χ0n) is 13.8. The van der Waals surface area contributed by atoms with E-state index in [1.54, 1.807) is 0 Å². The summed E-state index contributed by atoms with van der Waals surface area (Å²) in [6.07, 6.45) is 7.86. The Morgan fingerprint density at radius 1 is 1.00 bits per heavy atom. The molecule has 0 radical (unpaired) electrons. The maximum Gasteiger partial charge on any atom is 0.178 e. The van der Waals surface area contributed by atoms with Gasteiger partial charge in [-0.1, -0.05) is 39.0 Å². The van der Waals surface area contributed by atoms with Crippen molar-refractivity contribution in [2.75, 3.05) is 0 Å². The van der Waals surface area contributed by atoms with Gasteiger partial charge in [-0.15, -0.1) is 0 Å². The monoisotopic (exact) mass is 295 g/mol. The molecule has 4 heterocycles. The zero-order valence-corrected chi connectivity index (χ0v) is 12.8. The van der Waals surface area contributed by atoms with E-state index in [4.69, 9.17) is 20.3 Å². The fourth-order valence-corrected chi connectivity index (χ4v) is 5.44. The minimum Gasteiger partial charge on any atom is -0.323 e. The molecule has 1 saturated carbocycles. The molecule has 4 heteroatoms. The minimum atomic E-state index is -1.22. The van der Waals surface area contributed by atoms with Gasteiger partial charge in [-0.25, -0.2) is 0 Å². The average Bonchev–Trinajstić information content (AvgIpc) is 3.11. The highest BCUT2D eigenvalue weighted by molar-refractivity contribution is 5.13. The number of hydrogen-bond donors (Lipinski definition) is 0. The molecule has 0 amide bonds. The lowest BCUT2D eigenvalue weighted by atomic mass is 9.83. The summed E-state index contributed by atoms with van der Waals surface area (Å²) in [4.78, 5) is 0. The molecule has 4 aliphatic heterocycles. The van der Waals surface area contributed by atoms with Crippen LogP contribution in [0.1, 0.15) is 59.7 Å². The van der Waals surface area contributed by atoms with Crippen LogP contribution in [0.25, 0.3) is 0 Å².